The number of amides is 1. The summed E-state index contributed by atoms with van der Waals surface area (Å²) in [5.41, 5.74) is 2.77. The molecule has 1 aromatic carbocycles. The summed E-state index contributed by atoms with van der Waals surface area (Å²) in [6.45, 7) is 3.04. The van der Waals surface area contributed by atoms with E-state index in [9.17, 15) is 4.79 Å². The van der Waals surface area contributed by atoms with Gasteiger partial charge in [0.1, 0.15) is 17.7 Å². The maximum Gasteiger partial charge on any atom is 0.240 e. The van der Waals surface area contributed by atoms with Gasteiger partial charge >= 0.3 is 0 Å². The summed E-state index contributed by atoms with van der Waals surface area (Å²) in [6, 6.07) is 5.78. The van der Waals surface area contributed by atoms with E-state index in [1.807, 2.05) is 25.1 Å². The van der Waals surface area contributed by atoms with Crippen molar-refractivity contribution < 1.29 is 47.0 Å². The van der Waals surface area contributed by atoms with Crippen molar-refractivity contribution in [3.63, 3.8) is 0 Å². The largest absolute Gasteiger partial charge is 0.491 e. The molecule has 0 saturated carbocycles. The molecule has 0 aromatic heterocycles. The first kappa shape index (κ1) is 19.6. The Hall–Kier alpha value is -0.416. The molecule has 0 aliphatic carbocycles. The maximum atomic E-state index is 12.0. The Morgan fingerprint density at radius 3 is 2.77 bits per heavy atom. The van der Waals surface area contributed by atoms with E-state index in [0.717, 1.165) is 22.6 Å². The molecule has 1 radical (unpaired) electrons. The van der Waals surface area contributed by atoms with Crippen molar-refractivity contribution >= 4 is 23.2 Å². The second-order valence-corrected chi connectivity index (χ2v) is 5.44. The standard InChI is InChI=1S/C16H19ClNO3.Y/c1-11-10-12(21-9-8-20-3)4-5-13(11)15-7-6-14(17)16(19)18(15)2;/h4-5,10,14H,6,8-9H2,1-3H3;/q-1;. The van der Waals surface area contributed by atoms with Gasteiger partial charge in [-0.2, -0.15) is 0 Å². The number of hydrogen-bond donors (Lipinski definition) is 0. The number of carbonyl (C=O) groups is 1. The number of carbonyl (C=O) groups excluding carboxylic acids is 1. The topological polar surface area (TPSA) is 38.8 Å². The van der Waals surface area contributed by atoms with E-state index in [2.05, 4.69) is 6.08 Å². The van der Waals surface area contributed by atoms with Crippen LogP contribution in [0.5, 0.6) is 5.75 Å². The zero-order valence-electron chi connectivity index (χ0n) is 13.1. The van der Waals surface area contributed by atoms with Crippen molar-refractivity contribution in [2.24, 2.45) is 0 Å². The van der Waals surface area contributed by atoms with Crippen LogP contribution in [0.15, 0.2) is 18.2 Å². The third-order valence-corrected chi connectivity index (χ3v) is 3.73. The van der Waals surface area contributed by atoms with Gasteiger partial charge in [-0.15, -0.1) is 34.5 Å². The Labute approximate surface area is 161 Å². The van der Waals surface area contributed by atoms with Gasteiger partial charge in [-0.1, -0.05) is 13.3 Å². The van der Waals surface area contributed by atoms with Crippen LogP contribution in [0.3, 0.4) is 0 Å². The van der Waals surface area contributed by atoms with E-state index in [1.54, 1.807) is 19.1 Å². The Balaban J connectivity index is 0.00000242. The normalized spacial score (nSPS) is 17.8. The molecular formula is C16H19ClNO3Y-. The Bertz CT molecular complexity index is 562. The fourth-order valence-electron chi connectivity index (χ4n) is 2.22. The summed E-state index contributed by atoms with van der Waals surface area (Å²) >= 11 is 5.95. The van der Waals surface area contributed by atoms with E-state index >= 15 is 0 Å². The average Bonchev–Trinajstić information content (AvgIpc) is 2.46. The van der Waals surface area contributed by atoms with Crippen LogP contribution in [-0.2, 0) is 42.2 Å². The van der Waals surface area contributed by atoms with Crippen molar-refractivity contribution in [3.8, 4) is 5.75 Å². The monoisotopic (exact) mass is 397 g/mol. The quantitative estimate of drug-likeness (QED) is 0.435. The van der Waals surface area contributed by atoms with Gasteiger partial charge < -0.3 is 14.4 Å². The number of hydrogen-bond acceptors (Lipinski definition) is 3. The van der Waals surface area contributed by atoms with E-state index in [-0.39, 0.29) is 38.6 Å². The number of aryl methyl sites for hydroxylation is 1. The van der Waals surface area contributed by atoms with Crippen LogP contribution in [0.4, 0.5) is 0 Å². The van der Waals surface area contributed by atoms with Crippen molar-refractivity contribution in [1.82, 2.24) is 4.90 Å². The fourth-order valence-corrected chi connectivity index (χ4v) is 2.45. The van der Waals surface area contributed by atoms with Gasteiger partial charge in [0.2, 0.25) is 5.91 Å². The summed E-state index contributed by atoms with van der Waals surface area (Å²) < 4.78 is 10.5. The molecule has 0 saturated heterocycles. The number of alkyl halides is 1. The molecule has 6 heteroatoms. The van der Waals surface area contributed by atoms with Gasteiger partial charge in [-0.25, -0.2) is 6.08 Å². The van der Waals surface area contributed by atoms with Crippen LogP contribution < -0.4 is 4.74 Å². The first-order chi connectivity index (χ1) is 10.0. The predicted octanol–water partition coefficient (Wildman–Crippen LogP) is 2.63. The fraction of sp³-hybridized carbons (Fsp3) is 0.438. The number of methoxy groups -OCH3 is 1. The number of benzene rings is 1. The molecule has 0 bridgehead atoms. The van der Waals surface area contributed by atoms with Crippen molar-refractivity contribution in [1.29, 1.82) is 0 Å². The van der Waals surface area contributed by atoms with Gasteiger partial charge in [0.25, 0.3) is 0 Å². The predicted molar refractivity (Wildman–Crippen MR) is 82.2 cm³/mol. The molecular weight excluding hydrogens is 379 g/mol. The number of allylic oxidation sites excluding steroid dienone is 1. The van der Waals surface area contributed by atoms with Crippen molar-refractivity contribution in [2.75, 3.05) is 27.4 Å². The third kappa shape index (κ3) is 4.54. The molecule has 0 fully saturated rings. The first-order valence-electron chi connectivity index (χ1n) is 6.80. The van der Waals surface area contributed by atoms with Crippen LogP contribution in [0.1, 0.15) is 17.5 Å². The molecule has 1 aromatic rings. The number of halogens is 1. The molecule has 1 aliphatic rings. The molecule has 1 unspecified atom stereocenters. The minimum absolute atomic E-state index is 0. The molecule has 2 rings (SSSR count). The van der Waals surface area contributed by atoms with Crippen LogP contribution >= 0.6 is 11.6 Å². The van der Waals surface area contributed by atoms with Crippen LogP contribution in [0.2, 0.25) is 0 Å². The minimum atomic E-state index is -0.518. The zero-order valence-corrected chi connectivity index (χ0v) is 16.7. The summed E-state index contributed by atoms with van der Waals surface area (Å²) in [5.74, 6) is 0.694. The Morgan fingerprint density at radius 2 is 2.14 bits per heavy atom. The molecule has 22 heavy (non-hydrogen) atoms. The molecule has 0 spiro atoms. The number of ether oxygens (including phenoxy) is 2. The SMILES string of the molecule is COCCOc1ccc(C2=[C-]CC(Cl)C(=O)N2C)c(C)c1.[Y]. The maximum absolute atomic E-state index is 12.0. The van der Waals surface area contributed by atoms with Crippen LogP contribution in [0, 0.1) is 13.0 Å². The van der Waals surface area contributed by atoms with Gasteiger partial charge in [0.05, 0.1) is 6.61 Å². The van der Waals surface area contributed by atoms with Crippen molar-refractivity contribution in [3.05, 3.63) is 35.4 Å². The van der Waals surface area contributed by atoms with E-state index < -0.39 is 5.38 Å². The summed E-state index contributed by atoms with van der Waals surface area (Å²) in [5, 5.41) is -0.518. The molecule has 1 atom stereocenters. The van der Waals surface area contributed by atoms with E-state index in [4.69, 9.17) is 21.1 Å². The van der Waals surface area contributed by atoms with Gasteiger partial charge in [-0.3, -0.25) is 4.79 Å². The second kappa shape index (κ2) is 9.02. The van der Waals surface area contributed by atoms with Crippen LogP contribution in [0.25, 0.3) is 5.70 Å². The molecule has 0 N–H and O–H groups in total. The smallest absolute Gasteiger partial charge is 0.240 e. The molecule has 117 valence electrons. The molecule has 1 aliphatic heterocycles. The average molecular weight is 398 g/mol. The molecule has 1 amide bonds. The summed E-state index contributed by atoms with van der Waals surface area (Å²) in [7, 11) is 3.36. The Morgan fingerprint density at radius 1 is 1.41 bits per heavy atom. The summed E-state index contributed by atoms with van der Waals surface area (Å²) in [6.07, 6.45) is 3.64. The molecule has 1 heterocycles. The molecule has 4 nitrogen and oxygen atoms in total. The number of nitrogens with zero attached hydrogens (tertiary/aromatic N) is 1. The second-order valence-electron chi connectivity index (χ2n) is 4.91. The first-order valence-corrected chi connectivity index (χ1v) is 7.23. The van der Waals surface area contributed by atoms with E-state index in [1.165, 1.54) is 0 Å². The minimum Gasteiger partial charge on any atom is -0.491 e. The van der Waals surface area contributed by atoms with E-state index in [0.29, 0.717) is 19.6 Å². The zero-order chi connectivity index (χ0) is 15.4. The van der Waals surface area contributed by atoms with Gasteiger partial charge in [0.15, 0.2) is 0 Å². The van der Waals surface area contributed by atoms with Crippen molar-refractivity contribution in [2.45, 2.75) is 18.7 Å². The summed E-state index contributed by atoms with van der Waals surface area (Å²) in [4.78, 5) is 13.5. The number of rotatable bonds is 5. The van der Waals surface area contributed by atoms with Crippen LogP contribution in [-0.4, -0.2) is 43.6 Å². The van der Waals surface area contributed by atoms with Gasteiger partial charge in [0, 0.05) is 46.9 Å². The Kier molecular flexibility index (Phi) is 8.05. The van der Waals surface area contributed by atoms with Gasteiger partial charge in [-0.05, 0) is 12.1 Å². The third-order valence-electron chi connectivity index (χ3n) is 3.39.